The van der Waals surface area contributed by atoms with Gasteiger partial charge >= 0.3 is 0 Å². The molecule has 0 aliphatic heterocycles. The molecular weight excluding hydrogens is 414 g/mol. The van der Waals surface area contributed by atoms with Crippen LogP contribution in [-0.2, 0) is 16.3 Å². The number of ketones is 2. The van der Waals surface area contributed by atoms with Crippen LogP contribution in [0.4, 0.5) is 0 Å². The average molecular weight is 433 g/mol. The van der Waals surface area contributed by atoms with Crippen LogP contribution >= 0.6 is 0 Å². The molecule has 0 aliphatic carbocycles. The third-order valence-corrected chi connectivity index (χ3v) is 6.87. The van der Waals surface area contributed by atoms with Crippen LogP contribution in [0, 0.1) is 0 Å². The third-order valence-electron chi connectivity index (χ3n) is 5.04. The molecule has 2 aromatic heterocycles. The van der Waals surface area contributed by atoms with Gasteiger partial charge in [-0.15, -0.1) is 0 Å². The lowest BCUT2D eigenvalue weighted by molar-refractivity contribution is 0.0980. The normalized spacial score (nSPS) is 11.5. The third kappa shape index (κ3) is 4.15. The van der Waals surface area contributed by atoms with Gasteiger partial charge in [0.25, 0.3) is 0 Å². The molecule has 8 heteroatoms. The smallest absolute Gasteiger partial charge is 0.207 e. The number of H-pyrrole nitrogens is 1. The molecule has 2 heterocycles. The van der Waals surface area contributed by atoms with E-state index in [1.54, 1.807) is 36.5 Å². The highest BCUT2D eigenvalue weighted by Gasteiger charge is 2.22. The van der Waals surface area contributed by atoms with Crippen molar-refractivity contribution in [2.45, 2.75) is 29.6 Å². The molecule has 0 fully saturated rings. The lowest BCUT2D eigenvalue weighted by Crippen LogP contribution is -2.08. The topological polar surface area (TPSA) is 110 Å². The molecule has 31 heavy (non-hydrogen) atoms. The Morgan fingerprint density at radius 3 is 2.48 bits per heavy atom. The number of benzene rings is 2. The number of aryl methyl sites for hydroxylation is 1. The van der Waals surface area contributed by atoms with E-state index in [0.29, 0.717) is 17.6 Å². The second-order valence-electron chi connectivity index (χ2n) is 7.15. The van der Waals surface area contributed by atoms with Crippen molar-refractivity contribution in [3.63, 3.8) is 0 Å². The number of fused-ring (bicyclic) bond motifs is 1. The molecular formula is C23H19N3O4S. The lowest BCUT2D eigenvalue weighted by Gasteiger charge is -2.09. The number of hydrogen-bond acceptors (Lipinski definition) is 6. The van der Waals surface area contributed by atoms with Gasteiger partial charge in [-0.3, -0.25) is 14.7 Å². The van der Waals surface area contributed by atoms with Gasteiger partial charge in [-0.1, -0.05) is 30.3 Å². The van der Waals surface area contributed by atoms with Crippen LogP contribution in [0.2, 0.25) is 0 Å². The zero-order chi connectivity index (χ0) is 22.0. The van der Waals surface area contributed by atoms with E-state index in [-0.39, 0.29) is 33.3 Å². The zero-order valence-corrected chi connectivity index (χ0v) is 17.5. The number of rotatable bonds is 7. The van der Waals surface area contributed by atoms with Crippen LogP contribution < -0.4 is 0 Å². The van der Waals surface area contributed by atoms with E-state index in [1.807, 2.05) is 0 Å². The summed E-state index contributed by atoms with van der Waals surface area (Å²) in [5.41, 5.74) is 2.14. The summed E-state index contributed by atoms with van der Waals surface area (Å²) in [5, 5.41) is 7.41. The summed E-state index contributed by atoms with van der Waals surface area (Å²) in [6, 6.07) is 14.3. The van der Waals surface area contributed by atoms with Gasteiger partial charge in [-0.2, -0.15) is 5.10 Å². The Labute approximate surface area is 179 Å². The number of hydrogen-bond donors (Lipinski definition) is 1. The largest absolute Gasteiger partial charge is 0.294 e. The van der Waals surface area contributed by atoms with Gasteiger partial charge in [0.1, 0.15) is 0 Å². The second kappa shape index (κ2) is 8.23. The van der Waals surface area contributed by atoms with Gasteiger partial charge < -0.3 is 0 Å². The first kappa shape index (κ1) is 20.6. The summed E-state index contributed by atoms with van der Waals surface area (Å²) in [7, 11) is -3.83. The van der Waals surface area contributed by atoms with Crippen molar-refractivity contribution in [1.29, 1.82) is 0 Å². The predicted octanol–water partition coefficient (Wildman–Crippen LogP) is 3.81. The minimum atomic E-state index is -3.83. The van der Waals surface area contributed by atoms with E-state index in [2.05, 4.69) is 15.2 Å². The molecule has 0 radical (unpaired) electrons. The molecule has 4 rings (SSSR count). The molecule has 7 nitrogen and oxygen atoms in total. The van der Waals surface area contributed by atoms with E-state index in [0.717, 1.165) is 10.9 Å². The number of pyridine rings is 1. The number of sulfone groups is 1. The Morgan fingerprint density at radius 1 is 1.00 bits per heavy atom. The Kier molecular flexibility index (Phi) is 5.48. The maximum Gasteiger partial charge on any atom is 0.207 e. The highest BCUT2D eigenvalue weighted by molar-refractivity contribution is 7.91. The SMILES string of the molecule is CC(=O)c1ccccc1S(=O)(=O)c1ccc(CCC(=O)c2cnc3[nH]ncc3c2)cc1. The van der Waals surface area contributed by atoms with E-state index in [9.17, 15) is 18.0 Å². The van der Waals surface area contributed by atoms with Crippen LogP contribution in [-0.4, -0.2) is 35.2 Å². The predicted molar refractivity (Wildman–Crippen MR) is 115 cm³/mol. The van der Waals surface area contributed by atoms with Crippen LogP contribution in [0.15, 0.2) is 76.8 Å². The number of carbonyl (C=O) groups is 2. The summed E-state index contributed by atoms with van der Waals surface area (Å²) in [6.07, 6.45) is 3.87. The van der Waals surface area contributed by atoms with Gasteiger partial charge in [0.2, 0.25) is 9.84 Å². The summed E-state index contributed by atoms with van der Waals surface area (Å²) < 4.78 is 26.0. The highest BCUT2D eigenvalue weighted by Crippen LogP contribution is 2.25. The fourth-order valence-electron chi connectivity index (χ4n) is 3.35. The number of aromatic nitrogens is 3. The van der Waals surface area contributed by atoms with E-state index in [4.69, 9.17) is 0 Å². The number of aromatic amines is 1. The molecule has 2 aromatic carbocycles. The number of nitrogens with zero attached hydrogens (tertiary/aromatic N) is 2. The molecule has 156 valence electrons. The molecule has 0 amide bonds. The Morgan fingerprint density at radius 2 is 1.74 bits per heavy atom. The first-order valence-electron chi connectivity index (χ1n) is 9.62. The van der Waals surface area contributed by atoms with Crippen LogP contribution in [0.1, 0.15) is 39.6 Å². The molecule has 1 N–H and O–H groups in total. The van der Waals surface area contributed by atoms with E-state index < -0.39 is 9.84 Å². The number of carbonyl (C=O) groups excluding carboxylic acids is 2. The first-order chi connectivity index (χ1) is 14.9. The van der Waals surface area contributed by atoms with Crippen LogP contribution in [0.3, 0.4) is 0 Å². The molecule has 4 aromatic rings. The van der Waals surface area contributed by atoms with Crippen molar-refractivity contribution in [2.24, 2.45) is 0 Å². The summed E-state index contributed by atoms with van der Waals surface area (Å²) >= 11 is 0. The minimum absolute atomic E-state index is 0.00688. The molecule has 0 saturated heterocycles. The maximum absolute atomic E-state index is 13.0. The van der Waals surface area contributed by atoms with Crippen LogP contribution in [0.25, 0.3) is 11.0 Å². The maximum atomic E-state index is 13.0. The van der Waals surface area contributed by atoms with Gasteiger partial charge in [-0.05, 0) is 43.2 Å². The molecule has 0 spiro atoms. The van der Waals surface area contributed by atoms with E-state index >= 15 is 0 Å². The zero-order valence-electron chi connectivity index (χ0n) is 16.7. The van der Waals surface area contributed by atoms with Crippen molar-refractivity contribution in [1.82, 2.24) is 15.2 Å². The average Bonchev–Trinajstić information content (AvgIpc) is 3.25. The fraction of sp³-hybridized carbons (Fsp3) is 0.130. The molecule has 0 aliphatic rings. The van der Waals surface area contributed by atoms with Crippen molar-refractivity contribution in [3.8, 4) is 0 Å². The van der Waals surface area contributed by atoms with Crippen molar-refractivity contribution < 1.29 is 18.0 Å². The molecule has 0 atom stereocenters. The Hall–Kier alpha value is -3.65. The van der Waals surface area contributed by atoms with Crippen LogP contribution in [0.5, 0.6) is 0 Å². The standard InChI is InChI=1S/C23H19N3O4S/c1-15(27)20-4-2-3-5-22(20)31(29,30)19-9-6-16(7-10-19)8-11-21(28)17-12-18-14-25-26-23(18)24-13-17/h2-7,9-10,12-14H,8,11H2,1H3,(H,24,25,26). The van der Waals surface area contributed by atoms with Gasteiger partial charge in [0.05, 0.1) is 16.0 Å². The Balaban J connectivity index is 1.49. The van der Waals surface area contributed by atoms with Gasteiger partial charge in [0, 0.05) is 29.1 Å². The summed E-state index contributed by atoms with van der Waals surface area (Å²) in [6.45, 7) is 1.34. The van der Waals surface area contributed by atoms with Crippen molar-refractivity contribution >= 4 is 32.4 Å². The number of Topliss-reactive ketones (excluding diaryl/α,β-unsaturated/α-hetero) is 2. The number of nitrogens with one attached hydrogen (secondary N) is 1. The quantitative estimate of drug-likeness (QED) is 0.444. The fourth-order valence-corrected chi connectivity index (χ4v) is 4.85. The van der Waals surface area contributed by atoms with E-state index in [1.165, 1.54) is 37.4 Å². The second-order valence-corrected chi connectivity index (χ2v) is 9.07. The van der Waals surface area contributed by atoms with Gasteiger partial charge in [0.15, 0.2) is 17.2 Å². The lowest BCUT2D eigenvalue weighted by atomic mass is 10.0. The minimum Gasteiger partial charge on any atom is -0.294 e. The highest BCUT2D eigenvalue weighted by atomic mass is 32.2. The summed E-state index contributed by atoms with van der Waals surface area (Å²) in [5.74, 6) is -0.361. The molecule has 0 saturated carbocycles. The molecule has 0 unspecified atom stereocenters. The van der Waals surface area contributed by atoms with Crippen molar-refractivity contribution in [3.05, 3.63) is 83.7 Å². The molecule has 0 bridgehead atoms. The Bertz CT molecular complexity index is 1390. The summed E-state index contributed by atoms with van der Waals surface area (Å²) in [4.78, 5) is 28.6. The monoisotopic (exact) mass is 433 g/mol. The first-order valence-corrected chi connectivity index (χ1v) is 11.1. The van der Waals surface area contributed by atoms with Gasteiger partial charge in [-0.25, -0.2) is 13.4 Å². The van der Waals surface area contributed by atoms with Crippen molar-refractivity contribution in [2.75, 3.05) is 0 Å².